The predicted octanol–water partition coefficient (Wildman–Crippen LogP) is 3.36. The fourth-order valence-corrected chi connectivity index (χ4v) is 2.05. The van der Waals surface area contributed by atoms with Gasteiger partial charge in [0.2, 0.25) is 0 Å². The van der Waals surface area contributed by atoms with Crippen LogP contribution in [0.5, 0.6) is 5.75 Å². The maximum atomic E-state index is 8.69. The molecule has 2 rings (SSSR count). The van der Waals surface area contributed by atoms with Gasteiger partial charge in [0, 0.05) is 11.8 Å². The molecule has 2 nitrogen and oxygen atoms in total. The van der Waals surface area contributed by atoms with Crippen molar-refractivity contribution < 1.29 is 4.74 Å². The summed E-state index contributed by atoms with van der Waals surface area (Å²) in [6.07, 6.45) is 2.88. The number of ether oxygens (including phenoxy) is 1. The Hall–Kier alpha value is -0.760. The van der Waals surface area contributed by atoms with Crippen molar-refractivity contribution in [3.8, 4) is 11.8 Å². The molecule has 78 valence electrons. The zero-order chi connectivity index (χ0) is 10.7. The monoisotopic (exact) mass is 313 g/mol. The second kappa shape index (κ2) is 4.40. The van der Waals surface area contributed by atoms with Gasteiger partial charge in [0.05, 0.1) is 16.2 Å². The minimum absolute atomic E-state index is 0.160. The summed E-state index contributed by atoms with van der Waals surface area (Å²) in [6, 6.07) is 10.2. The van der Waals surface area contributed by atoms with Crippen LogP contribution in [0.1, 0.15) is 19.3 Å². The fourth-order valence-electron chi connectivity index (χ4n) is 1.51. The van der Waals surface area contributed by atoms with Crippen molar-refractivity contribution in [2.24, 2.45) is 5.41 Å². The zero-order valence-electron chi connectivity index (χ0n) is 8.37. The highest BCUT2D eigenvalue weighted by Gasteiger charge is 2.43. The average molecular weight is 313 g/mol. The SMILES string of the molecule is N#CCC1(COc2ccccc2I)CC1. The van der Waals surface area contributed by atoms with Gasteiger partial charge in [-0.05, 0) is 47.6 Å². The Bertz CT molecular complexity index is 393. The average Bonchev–Trinajstić information content (AvgIpc) is 2.98. The Morgan fingerprint density at radius 3 is 2.73 bits per heavy atom. The number of hydrogen-bond donors (Lipinski definition) is 0. The van der Waals surface area contributed by atoms with Crippen molar-refractivity contribution >= 4 is 22.6 Å². The minimum Gasteiger partial charge on any atom is -0.492 e. The third-order valence-corrected chi connectivity index (χ3v) is 3.67. The van der Waals surface area contributed by atoms with E-state index in [-0.39, 0.29) is 5.41 Å². The number of nitriles is 1. The van der Waals surface area contributed by atoms with E-state index in [4.69, 9.17) is 10.00 Å². The standard InChI is InChI=1S/C12H12INO/c13-10-3-1-2-4-11(10)15-9-12(5-6-12)7-8-14/h1-4H,5-7,9H2. The van der Waals surface area contributed by atoms with Gasteiger partial charge in [-0.15, -0.1) is 0 Å². The van der Waals surface area contributed by atoms with Gasteiger partial charge >= 0.3 is 0 Å². The lowest BCUT2D eigenvalue weighted by Gasteiger charge is -2.13. The highest BCUT2D eigenvalue weighted by Crippen LogP contribution is 2.48. The van der Waals surface area contributed by atoms with Crippen molar-refractivity contribution in [3.63, 3.8) is 0 Å². The van der Waals surface area contributed by atoms with E-state index >= 15 is 0 Å². The molecule has 0 bridgehead atoms. The van der Waals surface area contributed by atoms with Crippen LogP contribution in [0.2, 0.25) is 0 Å². The maximum Gasteiger partial charge on any atom is 0.132 e. The van der Waals surface area contributed by atoms with E-state index in [1.54, 1.807) is 0 Å². The molecule has 0 amide bonds. The molecule has 0 saturated heterocycles. The first-order valence-electron chi connectivity index (χ1n) is 5.00. The summed E-state index contributed by atoms with van der Waals surface area (Å²) in [4.78, 5) is 0. The first-order valence-corrected chi connectivity index (χ1v) is 6.08. The van der Waals surface area contributed by atoms with Crippen LogP contribution in [0.15, 0.2) is 24.3 Å². The second-order valence-electron chi connectivity index (χ2n) is 4.05. The van der Waals surface area contributed by atoms with Crippen molar-refractivity contribution in [2.75, 3.05) is 6.61 Å². The van der Waals surface area contributed by atoms with Gasteiger partial charge in [-0.3, -0.25) is 0 Å². The van der Waals surface area contributed by atoms with Crippen LogP contribution in [0, 0.1) is 20.3 Å². The predicted molar refractivity (Wildman–Crippen MR) is 66.6 cm³/mol. The van der Waals surface area contributed by atoms with Gasteiger partial charge in [0.1, 0.15) is 5.75 Å². The van der Waals surface area contributed by atoms with Gasteiger partial charge in [-0.25, -0.2) is 0 Å². The lowest BCUT2D eigenvalue weighted by atomic mass is 10.1. The van der Waals surface area contributed by atoms with E-state index in [1.165, 1.54) is 0 Å². The van der Waals surface area contributed by atoms with Gasteiger partial charge < -0.3 is 4.74 Å². The van der Waals surface area contributed by atoms with E-state index in [1.807, 2.05) is 24.3 Å². The molecule has 0 aliphatic heterocycles. The Balaban J connectivity index is 1.94. The van der Waals surface area contributed by atoms with Crippen LogP contribution in [0.3, 0.4) is 0 Å². The van der Waals surface area contributed by atoms with Gasteiger partial charge in [-0.1, -0.05) is 12.1 Å². The van der Waals surface area contributed by atoms with Crippen LogP contribution in [0.4, 0.5) is 0 Å². The molecule has 0 radical (unpaired) electrons. The zero-order valence-corrected chi connectivity index (χ0v) is 10.5. The third kappa shape index (κ3) is 2.63. The van der Waals surface area contributed by atoms with E-state index < -0.39 is 0 Å². The molecular weight excluding hydrogens is 301 g/mol. The highest BCUT2D eigenvalue weighted by molar-refractivity contribution is 14.1. The van der Waals surface area contributed by atoms with E-state index in [0.717, 1.165) is 22.2 Å². The normalized spacial score (nSPS) is 16.8. The quantitative estimate of drug-likeness (QED) is 0.799. The lowest BCUT2D eigenvalue weighted by Crippen LogP contribution is -2.12. The fraction of sp³-hybridized carbons (Fsp3) is 0.417. The molecule has 1 aromatic carbocycles. The largest absolute Gasteiger partial charge is 0.492 e. The van der Waals surface area contributed by atoms with Crippen LogP contribution in [-0.4, -0.2) is 6.61 Å². The Kier molecular flexibility index (Phi) is 3.15. The molecule has 15 heavy (non-hydrogen) atoms. The van der Waals surface area contributed by atoms with Gasteiger partial charge in [-0.2, -0.15) is 5.26 Å². The first kappa shape index (κ1) is 10.7. The van der Waals surface area contributed by atoms with Crippen LogP contribution in [0.25, 0.3) is 0 Å². The number of para-hydroxylation sites is 1. The van der Waals surface area contributed by atoms with Gasteiger partial charge in [0.25, 0.3) is 0 Å². The summed E-state index contributed by atoms with van der Waals surface area (Å²) in [6.45, 7) is 0.681. The van der Waals surface area contributed by atoms with E-state index in [2.05, 4.69) is 28.7 Å². The molecule has 0 heterocycles. The number of nitrogens with zero attached hydrogens (tertiary/aromatic N) is 1. The van der Waals surface area contributed by atoms with Crippen molar-refractivity contribution in [1.82, 2.24) is 0 Å². The number of halogens is 1. The summed E-state index contributed by atoms with van der Waals surface area (Å²) in [5.74, 6) is 0.933. The summed E-state index contributed by atoms with van der Waals surface area (Å²) < 4.78 is 6.89. The molecule has 1 aliphatic carbocycles. The molecule has 1 saturated carbocycles. The number of rotatable bonds is 4. The lowest BCUT2D eigenvalue weighted by molar-refractivity contribution is 0.235. The summed E-state index contributed by atoms with van der Waals surface area (Å²) in [7, 11) is 0. The maximum absolute atomic E-state index is 8.69. The third-order valence-electron chi connectivity index (χ3n) is 2.78. The molecule has 1 aromatic rings. The Morgan fingerprint density at radius 2 is 2.13 bits per heavy atom. The van der Waals surface area contributed by atoms with Crippen molar-refractivity contribution in [2.45, 2.75) is 19.3 Å². The molecule has 0 unspecified atom stereocenters. The first-order chi connectivity index (χ1) is 7.26. The Labute approximate surface area is 103 Å². The molecular formula is C12H12INO. The summed E-state index contributed by atoms with van der Waals surface area (Å²) >= 11 is 2.26. The topological polar surface area (TPSA) is 33.0 Å². The van der Waals surface area contributed by atoms with Crippen LogP contribution < -0.4 is 4.74 Å². The smallest absolute Gasteiger partial charge is 0.132 e. The van der Waals surface area contributed by atoms with Crippen LogP contribution in [-0.2, 0) is 0 Å². The second-order valence-corrected chi connectivity index (χ2v) is 5.22. The van der Waals surface area contributed by atoms with Gasteiger partial charge in [0.15, 0.2) is 0 Å². The number of hydrogen-bond acceptors (Lipinski definition) is 2. The minimum atomic E-state index is 0.160. The number of benzene rings is 1. The molecule has 0 spiro atoms. The van der Waals surface area contributed by atoms with E-state index in [0.29, 0.717) is 13.0 Å². The van der Waals surface area contributed by atoms with Crippen LogP contribution >= 0.6 is 22.6 Å². The van der Waals surface area contributed by atoms with Crippen molar-refractivity contribution in [3.05, 3.63) is 27.8 Å². The van der Waals surface area contributed by atoms with Crippen molar-refractivity contribution in [1.29, 1.82) is 5.26 Å². The Morgan fingerprint density at radius 1 is 1.40 bits per heavy atom. The molecule has 3 heteroatoms. The summed E-state index contributed by atoms with van der Waals surface area (Å²) in [5.41, 5.74) is 0.160. The molecule has 1 aliphatic rings. The highest BCUT2D eigenvalue weighted by atomic mass is 127. The molecule has 0 N–H and O–H groups in total. The van der Waals surface area contributed by atoms with E-state index in [9.17, 15) is 0 Å². The molecule has 0 atom stereocenters. The summed E-state index contributed by atoms with van der Waals surface area (Å²) in [5, 5.41) is 8.69. The molecule has 0 aromatic heterocycles. The molecule has 1 fully saturated rings.